The molecule has 3 nitrogen and oxygen atoms in total. The molecule has 0 radical (unpaired) electrons. The summed E-state index contributed by atoms with van der Waals surface area (Å²) in [6.45, 7) is 4.36. The van der Waals surface area contributed by atoms with E-state index in [4.69, 9.17) is 5.26 Å². The van der Waals surface area contributed by atoms with Crippen molar-refractivity contribution in [3.05, 3.63) is 29.8 Å². The molecule has 0 unspecified atom stereocenters. The molecule has 1 aromatic rings. The van der Waals surface area contributed by atoms with Crippen molar-refractivity contribution in [3.8, 4) is 6.07 Å². The maximum Gasteiger partial charge on any atom is 0.225 e. The van der Waals surface area contributed by atoms with Crippen molar-refractivity contribution in [2.75, 3.05) is 5.32 Å². The number of rotatable bonds is 5. The number of hydrogen-bond acceptors (Lipinski definition) is 2. The Bertz CT molecular complexity index is 401. The number of anilines is 1. The summed E-state index contributed by atoms with van der Waals surface area (Å²) in [7, 11) is 0. The Balaban J connectivity index is 2.51. The fraction of sp³-hybridized carbons (Fsp3) is 0.429. The van der Waals surface area contributed by atoms with Gasteiger partial charge in [-0.2, -0.15) is 5.26 Å². The number of carbonyl (C=O) groups is 1. The van der Waals surface area contributed by atoms with Crippen LogP contribution in [0.5, 0.6) is 0 Å². The van der Waals surface area contributed by atoms with Crippen molar-refractivity contribution in [1.29, 1.82) is 5.26 Å². The maximum atomic E-state index is 11.4. The smallest absolute Gasteiger partial charge is 0.225 e. The maximum absolute atomic E-state index is 11.4. The Morgan fingerprint density at radius 3 is 2.53 bits per heavy atom. The van der Waals surface area contributed by atoms with E-state index in [1.807, 2.05) is 30.3 Å². The third-order valence-corrected chi connectivity index (χ3v) is 2.35. The molecule has 1 amide bonds. The molecule has 0 saturated carbocycles. The van der Waals surface area contributed by atoms with Crippen LogP contribution in [0.3, 0.4) is 0 Å². The van der Waals surface area contributed by atoms with Crippen LogP contribution >= 0.6 is 0 Å². The highest BCUT2D eigenvalue weighted by Gasteiger charge is 2.02. The molecule has 0 atom stereocenters. The monoisotopic (exact) mass is 230 g/mol. The molecule has 0 spiro atoms. The number of amides is 1. The molecular weight excluding hydrogens is 212 g/mol. The van der Waals surface area contributed by atoms with Gasteiger partial charge in [-0.15, -0.1) is 0 Å². The number of carbonyl (C=O) groups excluding carboxylic acids is 1. The summed E-state index contributed by atoms with van der Waals surface area (Å²) in [6.07, 6.45) is 1.56. The van der Waals surface area contributed by atoms with Crippen LogP contribution in [-0.4, -0.2) is 5.91 Å². The zero-order valence-electron chi connectivity index (χ0n) is 10.4. The molecule has 1 rings (SSSR count). The molecule has 1 aromatic carbocycles. The normalized spacial score (nSPS) is 10.0. The summed E-state index contributed by atoms with van der Waals surface area (Å²) < 4.78 is 0. The van der Waals surface area contributed by atoms with Crippen molar-refractivity contribution < 1.29 is 4.79 Å². The van der Waals surface area contributed by atoms with E-state index in [0.29, 0.717) is 5.92 Å². The third kappa shape index (κ3) is 5.17. The highest BCUT2D eigenvalue weighted by Crippen LogP contribution is 2.13. The molecule has 90 valence electrons. The summed E-state index contributed by atoms with van der Waals surface area (Å²) >= 11 is 0. The van der Waals surface area contributed by atoms with Crippen LogP contribution in [0.1, 0.15) is 32.3 Å². The van der Waals surface area contributed by atoms with E-state index in [1.165, 1.54) is 5.56 Å². The summed E-state index contributed by atoms with van der Waals surface area (Å²) in [5, 5.41) is 11.1. The number of benzene rings is 1. The molecule has 0 saturated heterocycles. The molecule has 0 aliphatic heterocycles. The van der Waals surface area contributed by atoms with Crippen molar-refractivity contribution in [1.82, 2.24) is 0 Å². The molecule has 0 aliphatic carbocycles. The quantitative estimate of drug-likeness (QED) is 0.844. The lowest BCUT2D eigenvalue weighted by Crippen LogP contribution is -2.10. The second kappa shape index (κ2) is 6.70. The number of nitrogens with zero attached hydrogens (tertiary/aromatic N) is 1. The van der Waals surface area contributed by atoms with Gasteiger partial charge in [0.25, 0.3) is 0 Å². The molecule has 0 bridgehead atoms. The fourth-order valence-corrected chi connectivity index (χ4v) is 1.59. The first-order valence-corrected chi connectivity index (χ1v) is 5.87. The van der Waals surface area contributed by atoms with E-state index >= 15 is 0 Å². The minimum atomic E-state index is -0.108. The fourth-order valence-electron chi connectivity index (χ4n) is 1.59. The van der Waals surface area contributed by atoms with E-state index in [-0.39, 0.29) is 18.7 Å². The van der Waals surface area contributed by atoms with E-state index in [9.17, 15) is 4.79 Å². The van der Waals surface area contributed by atoms with E-state index in [1.54, 1.807) is 0 Å². The Kier molecular flexibility index (Phi) is 5.22. The van der Waals surface area contributed by atoms with Crippen LogP contribution in [-0.2, 0) is 11.2 Å². The number of hydrogen-bond donors (Lipinski definition) is 1. The van der Waals surface area contributed by atoms with Crippen molar-refractivity contribution in [2.24, 2.45) is 5.92 Å². The minimum Gasteiger partial charge on any atom is -0.326 e. The van der Waals surface area contributed by atoms with Crippen molar-refractivity contribution in [2.45, 2.75) is 33.1 Å². The predicted octanol–water partition coefficient (Wildman–Crippen LogP) is 3.13. The van der Waals surface area contributed by atoms with Gasteiger partial charge in [-0.1, -0.05) is 26.0 Å². The van der Waals surface area contributed by atoms with Crippen LogP contribution in [0.15, 0.2) is 24.3 Å². The van der Waals surface area contributed by atoms with E-state index in [0.717, 1.165) is 12.1 Å². The molecule has 3 heteroatoms. The Morgan fingerprint density at radius 2 is 2.00 bits per heavy atom. The first-order valence-electron chi connectivity index (χ1n) is 5.87. The van der Waals surface area contributed by atoms with E-state index < -0.39 is 0 Å². The van der Waals surface area contributed by atoms with Gasteiger partial charge in [0.1, 0.15) is 0 Å². The van der Waals surface area contributed by atoms with Crippen LogP contribution in [0, 0.1) is 17.2 Å². The van der Waals surface area contributed by atoms with Gasteiger partial charge >= 0.3 is 0 Å². The highest BCUT2D eigenvalue weighted by atomic mass is 16.1. The summed E-state index contributed by atoms with van der Waals surface area (Å²) in [5.74, 6) is 0.522. The van der Waals surface area contributed by atoms with Gasteiger partial charge in [0.05, 0.1) is 6.07 Å². The van der Waals surface area contributed by atoms with Crippen molar-refractivity contribution in [3.63, 3.8) is 0 Å². The average Bonchev–Trinajstić information content (AvgIpc) is 2.28. The molecule has 0 fully saturated rings. The minimum absolute atomic E-state index is 0.108. The second-order valence-corrected chi connectivity index (χ2v) is 4.50. The molecule has 17 heavy (non-hydrogen) atoms. The van der Waals surface area contributed by atoms with Gasteiger partial charge in [-0.25, -0.2) is 0 Å². The van der Waals surface area contributed by atoms with Crippen LogP contribution in [0.25, 0.3) is 0 Å². The molecule has 0 aromatic heterocycles. The zero-order chi connectivity index (χ0) is 12.7. The number of nitrogens with one attached hydrogen (secondary N) is 1. The summed E-state index contributed by atoms with van der Waals surface area (Å²) in [5.41, 5.74) is 2.07. The highest BCUT2D eigenvalue weighted by molar-refractivity contribution is 5.90. The van der Waals surface area contributed by atoms with Gasteiger partial charge in [0, 0.05) is 18.5 Å². The van der Waals surface area contributed by atoms with Gasteiger partial charge in [-0.05, 0) is 30.0 Å². The first-order chi connectivity index (χ1) is 8.11. The first kappa shape index (κ1) is 13.2. The topological polar surface area (TPSA) is 52.9 Å². The third-order valence-electron chi connectivity index (χ3n) is 2.35. The number of nitriles is 1. The van der Waals surface area contributed by atoms with Crippen LogP contribution in [0.2, 0.25) is 0 Å². The van der Waals surface area contributed by atoms with Gasteiger partial charge in [0.2, 0.25) is 5.91 Å². The Labute approximate surface area is 102 Å². The molecule has 0 heterocycles. The van der Waals surface area contributed by atoms with Gasteiger partial charge in [-0.3, -0.25) is 4.79 Å². The lowest BCUT2D eigenvalue weighted by atomic mass is 10.0. The van der Waals surface area contributed by atoms with E-state index in [2.05, 4.69) is 19.2 Å². The molecular formula is C14H18N2O. The zero-order valence-corrected chi connectivity index (χ0v) is 10.4. The van der Waals surface area contributed by atoms with Crippen molar-refractivity contribution >= 4 is 11.6 Å². The van der Waals surface area contributed by atoms with Gasteiger partial charge in [0.15, 0.2) is 0 Å². The SMILES string of the molecule is CC(C)Cc1ccc(NC(=O)CCC#N)cc1. The predicted molar refractivity (Wildman–Crippen MR) is 68.5 cm³/mol. The Morgan fingerprint density at radius 1 is 1.35 bits per heavy atom. The molecule has 1 N–H and O–H groups in total. The van der Waals surface area contributed by atoms with Crippen LogP contribution in [0.4, 0.5) is 5.69 Å². The second-order valence-electron chi connectivity index (χ2n) is 4.50. The largest absolute Gasteiger partial charge is 0.326 e. The summed E-state index contributed by atoms with van der Waals surface area (Å²) in [4.78, 5) is 11.4. The summed E-state index contributed by atoms with van der Waals surface area (Å²) in [6, 6.07) is 9.82. The average molecular weight is 230 g/mol. The van der Waals surface area contributed by atoms with Gasteiger partial charge < -0.3 is 5.32 Å². The lowest BCUT2D eigenvalue weighted by molar-refractivity contribution is -0.116. The lowest BCUT2D eigenvalue weighted by Gasteiger charge is -2.07. The molecule has 0 aliphatic rings. The van der Waals surface area contributed by atoms with Crippen LogP contribution < -0.4 is 5.32 Å². The standard InChI is InChI=1S/C14H18N2O/c1-11(2)10-12-5-7-13(8-6-12)16-14(17)4-3-9-15/h5-8,11H,3-4,10H2,1-2H3,(H,16,17). The Hall–Kier alpha value is -1.82.